The predicted molar refractivity (Wildman–Crippen MR) is 137 cm³/mol. The molecule has 1 aromatic heterocycles. The third-order valence-electron chi connectivity index (χ3n) is 8.16. The first-order chi connectivity index (χ1) is 16.7. The Morgan fingerprint density at radius 2 is 1.92 bits per heavy atom. The van der Waals surface area contributed by atoms with E-state index in [4.69, 9.17) is 9.47 Å². The number of carbonyl (C=O) groups excluding carboxylic acids is 2. The van der Waals surface area contributed by atoms with Crippen LogP contribution >= 0.6 is 11.3 Å². The number of ether oxygens (including phenoxy) is 2. The van der Waals surface area contributed by atoms with Crippen molar-refractivity contribution in [2.45, 2.75) is 111 Å². The monoisotopic (exact) mass is 523 g/mol. The fraction of sp³-hybridized carbons (Fsp3) is 0.741. The zero-order valence-corrected chi connectivity index (χ0v) is 23.3. The number of rotatable bonds is 2. The average Bonchev–Trinajstić information content (AvgIpc) is 3.34. The summed E-state index contributed by atoms with van der Waals surface area (Å²) < 4.78 is 12.7. The number of hydrogen-bond acceptors (Lipinski definition) is 8. The second kappa shape index (κ2) is 10.9. The van der Waals surface area contributed by atoms with Gasteiger partial charge in [-0.15, -0.1) is 0 Å². The molecule has 36 heavy (non-hydrogen) atoms. The molecule has 0 aliphatic carbocycles. The number of aryl methyl sites for hydroxylation is 1. The first-order valence-electron chi connectivity index (χ1n) is 12.8. The van der Waals surface area contributed by atoms with E-state index in [1.807, 2.05) is 20.8 Å². The molecule has 3 heterocycles. The normalized spacial score (nSPS) is 36.8. The number of fused-ring (bicyclic) bond motifs is 1. The van der Waals surface area contributed by atoms with Crippen LogP contribution in [0.3, 0.4) is 0 Å². The number of ketones is 1. The van der Waals surface area contributed by atoms with Crippen molar-refractivity contribution in [3.63, 3.8) is 0 Å². The van der Waals surface area contributed by atoms with E-state index in [1.165, 1.54) is 11.3 Å². The molecule has 7 atom stereocenters. The van der Waals surface area contributed by atoms with Gasteiger partial charge in [0.05, 0.1) is 41.1 Å². The molecule has 7 unspecified atom stereocenters. The Balaban J connectivity index is 1.88. The Bertz CT molecular complexity index is 1000. The number of cyclic esters (lactones) is 1. The zero-order valence-electron chi connectivity index (χ0n) is 22.4. The summed E-state index contributed by atoms with van der Waals surface area (Å²) in [5.74, 6) is -1.69. The molecule has 0 bridgehead atoms. The fourth-order valence-electron chi connectivity index (χ4n) is 5.14. The molecule has 0 saturated carbocycles. The minimum atomic E-state index is -1.27. The van der Waals surface area contributed by atoms with Crippen LogP contribution in [0.25, 0.3) is 6.08 Å². The second-order valence-electron chi connectivity index (χ2n) is 11.5. The first-order valence-corrected chi connectivity index (χ1v) is 13.7. The summed E-state index contributed by atoms with van der Waals surface area (Å²) in [6, 6.07) is 0. The molecule has 0 spiro atoms. The van der Waals surface area contributed by atoms with Gasteiger partial charge < -0.3 is 24.9 Å². The summed E-state index contributed by atoms with van der Waals surface area (Å²) in [4.78, 5) is 26.2. The quantitative estimate of drug-likeness (QED) is 0.262. The molecule has 0 radical (unpaired) electrons. The smallest absolute Gasteiger partial charge is 0.309 e. The van der Waals surface area contributed by atoms with E-state index in [1.54, 1.807) is 39.2 Å². The van der Waals surface area contributed by atoms with Crippen molar-refractivity contribution in [2.75, 3.05) is 0 Å². The van der Waals surface area contributed by atoms with Crippen molar-refractivity contribution in [2.24, 2.45) is 17.3 Å². The Kier molecular flexibility index (Phi) is 8.70. The number of aromatic nitrogens is 1. The Morgan fingerprint density at radius 3 is 2.53 bits per heavy atom. The van der Waals surface area contributed by atoms with Crippen LogP contribution in [0.15, 0.2) is 11.0 Å². The molecule has 2 fully saturated rings. The maximum Gasteiger partial charge on any atom is 0.309 e. The molecule has 8 nitrogen and oxygen atoms in total. The third-order valence-corrected chi connectivity index (χ3v) is 9.03. The van der Waals surface area contributed by atoms with Crippen molar-refractivity contribution in [1.82, 2.24) is 0 Å². The van der Waals surface area contributed by atoms with E-state index in [0.29, 0.717) is 22.7 Å². The number of hydrogen-bond donors (Lipinski definition) is 2. The largest absolute Gasteiger partial charge is 0.617 e. The van der Waals surface area contributed by atoms with E-state index >= 15 is 0 Å². The predicted octanol–water partition coefficient (Wildman–Crippen LogP) is 3.72. The summed E-state index contributed by atoms with van der Waals surface area (Å²) in [5.41, 5.74) is -0.407. The van der Waals surface area contributed by atoms with Crippen LogP contribution in [0.5, 0.6) is 0 Å². The van der Waals surface area contributed by atoms with Crippen molar-refractivity contribution in [1.29, 1.82) is 0 Å². The van der Waals surface area contributed by atoms with Crippen LogP contribution in [0.1, 0.15) is 84.3 Å². The lowest BCUT2D eigenvalue weighted by Gasteiger charge is -2.34. The van der Waals surface area contributed by atoms with Gasteiger partial charge in [-0.1, -0.05) is 45.5 Å². The van der Waals surface area contributed by atoms with Gasteiger partial charge in [0.25, 0.3) is 0 Å². The summed E-state index contributed by atoms with van der Waals surface area (Å²) in [6.45, 7) is 12.4. The molecule has 1 aromatic rings. The standard InChI is InChI=1S/C27H41NO7S/c1-15-9-8-10-27(7)22(35-27)12-20(16(2)11-19-14-36-18(4)28(19)33)34-23(30)13-21(29)26(5,6)25(32)17(3)24(15)31/h11,14-15,17,20-22,24,29,31H,8-10,12-13H2,1-7H3. The number of aliphatic hydroxyl groups excluding tert-OH is 2. The molecule has 2 aliphatic rings. The van der Waals surface area contributed by atoms with Crippen LogP contribution < -0.4 is 4.73 Å². The molecule has 2 saturated heterocycles. The van der Waals surface area contributed by atoms with Crippen LogP contribution in [0.4, 0.5) is 0 Å². The molecular weight excluding hydrogens is 482 g/mol. The number of aliphatic hydroxyl groups is 2. The number of epoxide rings is 1. The van der Waals surface area contributed by atoms with Gasteiger partial charge in [-0.3, -0.25) is 9.59 Å². The summed E-state index contributed by atoms with van der Waals surface area (Å²) in [5, 5.41) is 36.4. The highest BCUT2D eigenvalue weighted by molar-refractivity contribution is 7.09. The zero-order chi connectivity index (χ0) is 27.0. The van der Waals surface area contributed by atoms with Gasteiger partial charge in [0, 0.05) is 25.3 Å². The Labute approximate surface area is 217 Å². The Hall–Kier alpha value is -1.81. The Morgan fingerprint density at radius 1 is 1.25 bits per heavy atom. The van der Waals surface area contributed by atoms with E-state index in [9.17, 15) is 25.0 Å². The maximum absolute atomic E-state index is 13.2. The number of esters is 1. The van der Waals surface area contributed by atoms with Crippen molar-refractivity contribution < 1.29 is 34.0 Å². The van der Waals surface area contributed by atoms with Crippen LogP contribution in [-0.4, -0.2) is 52.0 Å². The molecule has 0 aromatic carbocycles. The van der Waals surface area contributed by atoms with E-state index < -0.39 is 35.6 Å². The molecule has 2 N–H and O–H groups in total. The topological polar surface area (TPSA) is 123 Å². The number of Topliss-reactive ketones (excluding diaryl/α,β-unsaturated/α-hetero) is 1. The highest BCUT2D eigenvalue weighted by atomic mass is 32.1. The van der Waals surface area contributed by atoms with Crippen molar-refractivity contribution in [3.8, 4) is 0 Å². The summed E-state index contributed by atoms with van der Waals surface area (Å²) >= 11 is 1.35. The van der Waals surface area contributed by atoms with Gasteiger partial charge in [-0.05, 0) is 38.2 Å². The lowest BCUT2D eigenvalue weighted by Crippen LogP contribution is -2.45. The second-order valence-corrected chi connectivity index (χ2v) is 12.5. The average molecular weight is 524 g/mol. The molecule has 9 heteroatoms. The van der Waals surface area contributed by atoms with E-state index in [-0.39, 0.29) is 29.8 Å². The van der Waals surface area contributed by atoms with E-state index in [0.717, 1.165) is 24.0 Å². The molecule has 2 aliphatic heterocycles. The summed E-state index contributed by atoms with van der Waals surface area (Å²) in [7, 11) is 0. The van der Waals surface area contributed by atoms with Crippen LogP contribution in [0, 0.1) is 29.4 Å². The number of thiazole rings is 1. The first kappa shape index (κ1) is 28.8. The number of carbonyl (C=O) groups is 2. The minimum absolute atomic E-state index is 0.0960. The molecule has 0 amide bonds. The SMILES string of the molecule is CC(=Cc1csc(C)[n+]1[O-])C1CC2OC2(C)CCCC(C)C(O)C(C)C(=O)C(C)(C)C(O)CC(=O)O1. The van der Waals surface area contributed by atoms with E-state index in [2.05, 4.69) is 0 Å². The minimum Gasteiger partial charge on any atom is -0.617 e. The van der Waals surface area contributed by atoms with Crippen LogP contribution in [-0.2, 0) is 19.1 Å². The van der Waals surface area contributed by atoms with Gasteiger partial charge in [0.2, 0.25) is 10.7 Å². The fourth-order valence-corrected chi connectivity index (χ4v) is 5.79. The molecule has 3 rings (SSSR count). The van der Waals surface area contributed by atoms with Crippen molar-refractivity contribution in [3.05, 3.63) is 26.9 Å². The van der Waals surface area contributed by atoms with Crippen LogP contribution in [0.2, 0.25) is 0 Å². The van der Waals surface area contributed by atoms with Gasteiger partial charge in [-0.2, -0.15) is 4.73 Å². The lowest BCUT2D eigenvalue weighted by atomic mass is 9.73. The number of nitrogens with zero attached hydrogens (tertiary/aromatic N) is 1. The molecular formula is C27H41NO7S. The summed E-state index contributed by atoms with van der Waals surface area (Å²) in [6.07, 6.45) is 1.29. The van der Waals surface area contributed by atoms with Gasteiger partial charge in [0.1, 0.15) is 11.9 Å². The highest BCUT2D eigenvalue weighted by Crippen LogP contribution is 2.45. The van der Waals surface area contributed by atoms with Crippen molar-refractivity contribution >= 4 is 29.2 Å². The maximum atomic E-state index is 13.2. The molecule has 202 valence electrons. The lowest BCUT2D eigenvalue weighted by molar-refractivity contribution is -0.608. The van der Waals surface area contributed by atoms with Gasteiger partial charge in [0.15, 0.2) is 0 Å². The van der Waals surface area contributed by atoms with Gasteiger partial charge >= 0.3 is 5.97 Å². The third kappa shape index (κ3) is 6.18. The van der Waals surface area contributed by atoms with Gasteiger partial charge in [-0.25, -0.2) is 0 Å². The highest BCUT2D eigenvalue weighted by Gasteiger charge is 2.53.